The molecule has 3 aliphatic rings. The summed E-state index contributed by atoms with van der Waals surface area (Å²) in [4.78, 5) is 29.2. The maximum Gasteiger partial charge on any atom is 0.321 e. The quantitative estimate of drug-likeness (QED) is 0.534. The van der Waals surface area contributed by atoms with E-state index in [-0.39, 0.29) is 17.9 Å². The summed E-state index contributed by atoms with van der Waals surface area (Å²) in [5.74, 6) is 1.27. The van der Waals surface area contributed by atoms with Gasteiger partial charge in [0.25, 0.3) is 0 Å². The zero-order valence-electron chi connectivity index (χ0n) is 24.0. The van der Waals surface area contributed by atoms with E-state index in [2.05, 4.69) is 49.1 Å². The molecule has 3 aliphatic heterocycles. The van der Waals surface area contributed by atoms with E-state index in [9.17, 15) is 9.18 Å². The SMILES string of the molecule is CCc1ncc(F)c(Nc2n[nH]c3c2CN(C(=O)N2C[C@@H](CC)N(CC4CCOCC4)C[C@@H]2CC)C3(C)C)n1. The fraction of sp³-hybridized carbons (Fsp3) is 0.714. The van der Waals surface area contributed by atoms with Crippen molar-refractivity contribution >= 4 is 17.7 Å². The lowest BCUT2D eigenvalue weighted by Crippen LogP contribution is -2.63. The number of aromatic amines is 1. The van der Waals surface area contributed by atoms with Gasteiger partial charge in [0.05, 0.1) is 24.0 Å². The first kappa shape index (κ1) is 27.8. The lowest BCUT2D eigenvalue weighted by molar-refractivity contribution is -0.00101. The molecule has 0 saturated carbocycles. The maximum absolute atomic E-state index is 14.5. The van der Waals surface area contributed by atoms with Crippen molar-refractivity contribution in [2.75, 3.05) is 38.2 Å². The lowest BCUT2D eigenvalue weighted by Gasteiger charge is -2.49. The molecule has 2 amide bonds. The van der Waals surface area contributed by atoms with E-state index in [1.165, 1.54) is 6.20 Å². The summed E-state index contributed by atoms with van der Waals surface area (Å²) in [7, 11) is 0. The van der Waals surface area contributed by atoms with E-state index < -0.39 is 11.4 Å². The van der Waals surface area contributed by atoms with Crippen molar-refractivity contribution in [2.45, 2.75) is 90.9 Å². The second kappa shape index (κ2) is 11.4. The summed E-state index contributed by atoms with van der Waals surface area (Å²) in [6.45, 7) is 15.2. The smallest absolute Gasteiger partial charge is 0.321 e. The standard InChI is InChI=1S/C28H43FN8O2/c1-6-19-16-36(20(7-2)15-35(19)14-18-9-11-39-12-10-18)27(38)37-17-21-24(28(37,4)5)33-34-25(21)32-26-22(29)13-30-23(8-3)31-26/h13,18-20H,6-12,14-17H2,1-5H3,(H2,30,31,32,33,34)/t19-,20+/m1/s1. The van der Waals surface area contributed by atoms with Gasteiger partial charge in [0.1, 0.15) is 5.82 Å². The Kier molecular flexibility index (Phi) is 8.09. The second-order valence-corrected chi connectivity index (χ2v) is 11.6. The highest BCUT2D eigenvalue weighted by Gasteiger charge is 2.47. The molecule has 11 heteroatoms. The van der Waals surface area contributed by atoms with Crippen molar-refractivity contribution in [3.8, 4) is 0 Å². The minimum Gasteiger partial charge on any atom is -0.381 e. The Hall–Kier alpha value is -2.79. The van der Waals surface area contributed by atoms with Gasteiger partial charge in [0.15, 0.2) is 17.5 Å². The van der Waals surface area contributed by atoms with Crippen LogP contribution in [0.4, 0.5) is 20.8 Å². The average molecular weight is 543 g/mol. The normalized spacial score (nSPS) is 23.7. The predicted octanol–water partition coefficient (Wildman–Crippen LogP) is 4.42. The number of rotatable bonds is 7. The van der Waals surface area contributed by atoms with E-state index in [1.54, 1.807) is 0 Å². The molecule has 0 unspecified atom stereocenters. The van der Waals surface area contributed by atoms with Gasteiger partial charge in [0.2, 0.25) is 0 Å². The van der Waals surface area contributed by atoms with Crippen LogP contribution in [0, 0.1) is 11.7 Å². The van der Waals surface area contributed by atoms with Gasteiger partial charge < -0.3 is 19.9 Å². The van der Waals surface area contributed by atoms with Crippen LogP contribution in [0.1, 0.15) is 77.4 Å². The number of halogens is 1. The van der Waals surface area contributed by atoms with Gasteiger partial charge in [-0.15, -0.1) is 0 Å². The highest BCUT2D eigenvalue weighted by Crippen LogP contribution is 2.42. The van der Waals surface area contributed by atoms with E-state index in [1.807, 2.05) is 25.7 Å². The van der Waals surface area contributed by atoms with Gasteiger partial charge >= 0.3 is 6.03 Å². The Morgan fingerprint density at radius 3 is 2.59 bits per heavy atom. The number of ether oxygens (including phenoxy) is 1. The summed E-state index contributed by atoms with van der Waals surface area (Å²) >= 11 is 0. The molecule has 0 radical (unpaired) electrons. The minimum atomic E-state index is -0.586. The molecule has 39 heavy (non-hydrogen) atoms. The summed E-state index contributed by atoms with van der Waals surface area (Å²) in [6, 6.07) is 0.553. The fourth-order valence-corrected chi connectivity index (χ4v) is 6.32. The number of nitrogens with one attached hydrogen (secondary N) is 2. The number of aromatic nitrogens is 4. The van der Waals surface area contributed by atoms with Gasteiger partial charge in [-0.25, -0.2) is 19.2 Å². The summed E-state index contributed by atoms with van der Waals surface area (Å²) < 4.78 is 20.0. The number of hydrogen-bond acceptors (Lipinski definition) is 7. The molecule has 10 nitrogen and oxygen atoms in total. The van der Waals surface area contributed by atoms with E-state index in [0.29, 0.717) is 36.6 Å². The van der Waals surface area contributed by atoms with Crippen LogP contribution in [-0.2, 0) is 23.2 Å². The first-order chi connectivity index (χ1) is 18.8. The molecular weight excluding hydrogens is 499 g/mol. The van der Waals surface area contributed by atoms with Crippen LogP contribution in [0.3, 0.4) is 0 Å². The van der Waals surface area contributed by atoms with Crippen LogP contribution < -0.4 is 5.32 Å². The largest absolute Gasteiger partial charge is 0.381 e. The lowest BCUT2D eigenvalue weighted by atomic mass is 9.95. The Morgan fingerprint density at radius 1 is 1.15 bits per heavy atom. The molecule has 2 fully saturated rings. The first-order valence-electron chi connectivity index (χ1n) is 14.5. The van der Waals surface area contributed by atoms with E-state index in [0.717, 1.165) is 69.8 Å². The highest BCUT2D eigenvalue weighted by atomic mass is 19.1. The number of aryl methyl sites for hydroxylation is 1. The van der Waals surface area contributed by atoms with Crippen LogP contribution in [0.5, 0.6) is 0 Å². The number of fused-ring (bicyclic) bond motifs is 1. The van der Waals surface area contributed by atoms with Crippen molar-refractivity contribution in [3.05, 3.63) is 29.1 Å². The summed E-state index contributed by atoms with van der Waals surface area (Å²) in [5.41, 5.74) is 1.14. The number of anilines is 2. The molecule has 2 aromatic rings. The Morgan fingerprint density at radius 2 is 1.90 bits per heavy atom. The molecule has 5 heterocycles. The van der Waals surface area contributed by atoms with Crippen molar-refractivity contribution < 1.29 is 13.9 Å². The Balaban J connectivity index is 1.33. The molecule has 0 aliphatic carbocycles. The van der Waals surface area contributed by atoms with Crippen LogP contribution in [-0.4, -0.2) is 85.8 Å². The van der Waals surface area contributed by atoms with E-state index >= 15 is 0 Å². The monoisotopic (exact) mass is 542 g/mol. The van der Waals surface area contributed by atoms with Crippen molar-refractivity contribution in [2.24, 2.45) is 5.92 Å². The average Bonchev–Trinajstić information content (AvgIpc) is 3.47. The number of piperazine rings is 1. The number of H-pyrrole nitrogens is 1. The third-order valence-corrected chi connectivity index (χ3v) is 8.88. The van der Waals surface area contributed by atoms with Crippen LogP contribution in [0.15, 0.2) is 6.20 Å². The summed E-state index contributed by atoms with van der Waals surface area (Å²) in [5, 5.41) is 10.6. The third kappa shape index (κ3) is 5.35. The molecule has 0 spiro atoms. The minimum absolute atomic E-state index is 0.0491. The van der Waals surface area contributed by atoms with Gasteiger partial charge in [0, 0.05) is 56.9 Å². The Bertz CT molecular complexity index is 1160. The number of hydrogen-bond donors (Lipinski definition) is 2. The molecule has 214 valence electrons. The Labute approximate surface area is 230 Å². The predicted molar refractivity (Wildman–Crippen MR) is 147 cm³/mol. The van der Waals surface area contributed by atoms with Gasteiger partial charge in [-0.2, -0.15) is 5.10 Å². The van der Waals surface area contributed by atoms with Crippen molar-refractivity contribution in [1.29, 1.82) is 0 Å². The number of amides is 2. The number of nitrogens with zero attached hydrogens (tertiary/aromatic N) is 6. The molecule has 0 bridgehead atoms. The molecule has 2 atom stereocenters. The van der Waals surface area contributed by atoms with Gasteiger partial charge in [-0.3, -0.25) is 10.00 Å². The maximum atomic E-state index is 14.5. The van der Waals surface area contributed by atoms with E-state index in [4.69, 9.17) is 4.74 Å². The molecule has 5 rings (SSSR count). The van der Waals surface area contributed by atoms with Crippen LogP contribution in [0.25, 0.3) is 0 Å². The zero-order chi connectivity index (χ0) is 27.7. The molecule has 0 aromatic carbocycles. The molecule has 2 saturated heterocycles. The topological polar surface area (TPSA) is 103 Å². The number of urea groups is 1. The molecule has 2 aromatic heterocycles. The molecular formula is C28H43FN8O2. The van der Waals surface area contributed by atoms with Crippen LogP contribution >= 0.6 is 0 Å². The van der Waals surface area contributed by atoms with Crippen molar-refractivity contribution in [1.82, 2.24) is 34.9 Å². The highest BCUT2D eigenvalue weighted by molar-refractivity contribution is 5.78. The second-order valence-electron chi connectivity index (χ2n) is 11.6. The number of carbonyl (C=O) groups is 1. The van der Waals surface area contributed by atoms with Crippen LogP contribution in [0.2, 0.25) is 0 Å². The summed E-state index contributed by atoms with van der Waals surface area (Å²) in [6.07, 6.45) is 5.94. The first-order valence-corrected chi connectivity index (χ1v) is 14.5. The molecule has 2 N–H and O–H groups in total. The zero-order valence-corrected chi connectivity index (χ0v) is 24.0. The van der Waals surface area contributed by atoms with Gasteiger partial charge in [-0.05, 0) is 45.4 Å². The fourth-order valence-electron chi connectivity index (χ4n) is 6.32. The van der Waals surface area contributed by atoms with Crippen molar-refractivity contribution in [3.63, 3.8) is 0 Å². The van der Waals surface area contributed by atoms with Gasteiger partial charge in [-0.1, -0.05) is 20.8 Å². The number of carbonyl (C=O) groups excluding carboxylic acids is 1. The third-order valence-electron chi connectivity index (χ3n) is 8.88.